The Morgan fingerprint density at radius 1 is 1.05 bits per heavy atom. The summed E-state index contributed by atoms with van der Waals surface area (Å²) < 4.78 is 45.9. The minimum Gasteiger partial charge on any atom is -0.497 e. The molecular weight excluding hydrogens is 557 g/mol. The highest BCUT2D eigenvalue weighted by molar-refractivity contribution is 8.14. The molecule has 0 aromatic heterocycles. The third kappa shape index (κ3) is 8.18. The highest BCUT2D eigenvalue weighted by Gasteiger charge is 2.31. The first-order chi connectivity index (χ1) is 19.6. The van der Waals surface area contributed by atoms with E-state index < -0.39 is 6.36 Å². The van der Waals surface area contributed by atoms with Gasteiger partial charge in [0, 0.05) is 17.7 Å². The zero-order valence-corrected chi connectivity index (χ0v) is 22.8. The zero-order valence-electron chi connectivity index (χ0n) is 22.0. The number of amidine groups is 2. The molecule has 0 unspecified atom stereocenters. The number of aryl methyl sites for hydroxylation is 1. The number of nitrogens with two attached hydrogens (primary N) is 1. The number of rotatable bonds is 8. The van der Waals surface area contributed by atoms with Crippen LogP contribution in [0.1, 0.15) is 23.1 Å². The standard InChI is InChI=1S/C28H25F3N6O3S/c1-18-15-23(39-2)11-12-24(18)37-25(38)13-14-41-27(37)36-35-16-19-3-5-20(6-4-19)26(32)34-17-33-21-7-9-22(10-8-21)40-28(29,30)31/h3-12,15-17H,13-14H2,1-2H3,(H2,32,33,34)/b35-16+,36-27-. The Bertz CT molecular complexity index is 1500. The third-order valence-electron chi connectivity index (χ3n) is 5.66. The van der Waals surface area contributed by atoms with Crippen LogP contribution in [0.2, 0.25) is 0 Å². The lowest BCUT2D eigenvalue weighted by Crippen LogP contribution is -2.39. The van der Waals surface area contributed by atoms with Crippen LogP contribution in [0.5, 0.6) is 11.5 Å². The Hall–Kier alpha value is -4.65. The maximum atomic E-state index is 12.7. The summed E-state index contributed by atoms with van der Waals surface area (Å²) in [6, 6.07) is 17.6. The Labute approximate surface area is 238 Å². The molecule has 2 N–H and O–H groups in total. The van der Waals surface area contributed by atoms with E-state index in [1.807, 2.05) is 19.1 Å². The lowest BCUT2D eigenvalue weighted by atomic mass is 10.1. The van der Waals surface area contributed by atoms with E-state index in [-0.39, 0.29) is 17.5 Å². The molecule has 13 heteroatoms. The number of anilines is 1. The van der Waals surface area contributed by atoms with Crippen molar-refractivity contribution in [1.82, 2.24) is 0 Å². The van der Waals surface area contributed by atoms with E-state index in [9.17, 15) is 18.0 Å². The lowest BCUT2D eigenvalue weighted by Gasteiger charge is -2.28. The zero-order chi connectivity index (χ0) is 29.4. The summed E-state index contributed by atoms with van der Waals surface area (Å²) in [4.78, 5) is 22.4. The molecule has 41 heavy (non-hydrogen) atoms. The maximum Gasteiger partial charge on any atom is 0.573 e. The second-order valence-corrected chi connectivity index (χ2v) is 9.59. The Morgan fingerprint density at radius 3 is 2.41 bits per heavy atom. The summed E-state index contributed by atoms with van der Waals surface area (Å²) >= 11 is 1.45. The molecule has 9 nitrogen and oxygen atoms in total. The van der Waals surface area contributed by atoms with Crippen LogP contribution in [0.3, 0.4) is 0 Å². The van der Waals surface area contributed by atoms with E-state index in [1.54, 1.807) is 48.6 Å². The van der Waals surface area contributed by atoms with Gasteiger partial charge in [0.15, 0.2) is 5.17 Å². The van der Waals surface area contributed by atoms with Crippen LogP contribution >= 0.6 is 11.8 Å². The smallest absolute Gasteiger partial charge is 0.497 e. The number of carbonyl (C=O) groups excluding carboxylic acids is 1. The number of methoxy groups -OCH3 is 1. The van der Waals surface area contributed by atoms with E-state index >= 15 is 0 Å². The quantitative estimate of drug-likeness (QED) is 0.204. The average molecular weight is 583 g/mol. The van der Waals surface area contributed by atoms with Gasteiger partial charge in [-0.2, -0.15) is 5.10 Å². The summed E-state index contributed by atoms with van der Waals surface area (Å²) in [5.74, 6) is 1.12. The van der Waals surface area contributed by atoms with Crippen molar-refractivity contribution in [3.8, 4) is 11.5 Å². The summed E-state index contributed by atoms with van der Waals surface area (Å²) in [5.41, 5.74) is 9.39. The van der Waals surface area contributed by atoms with E-state index in [4.69, 9.17) is 10.5 Å². The van der Waals surface area contributed by atoms with E-state index in [0.717, 1.165) is 28.9 Å². The minimum atomic E-state index is -4.76. The number of aliphatic imine (C=N–C) groups is 2. The Morgan fingerprint density at radius 2 is 1.76 bits per heavy atom. The number of benzene rings is 3. The van der Waals surface area contributed by atoms with Gasteiger partial charge < -0.3 is 15.2 Å². The van der Waals surface area contributed by atoms with E-state index in [1.165, 1.54) is 30.2 Å². The van der Waals surface area contributed by atoms with Gasteiger partial charge in [0.25, 0.3) is 0 Å². The Balaban J connectivity index is 1.40. The van der Waals surface area contributed by atoms with E-state index in [0.29, 0.717) is 34.3 Å². The van der Waals surface area contributed by atoms with Crippen molar-refractivity contribution in [2.75, 3.05) is 17.8 Å². The van der Waals surface area contributed by atoms with Gasteiger partial charge >= 0.3 is 6.36 Å². The molecule has 0 atom stereocenters. The molecule has 3 aromatic carbocycles. The predicted molar refractivity (Wildman–Crippen MR) is 156 cm³/mol. The van der Waals surface area contributed by atoms with Crippen molar-refractivity contribution in [3.05, 3.63) is 83.4 Å². The first-order valence-electron chi connectivity index (χ1n) is 12.2. The molecule has 3 aromatic rings. The largest absolute Gasteiger partial charge is 0.573 e. The first-order valence-corrected chi connectivity index (χ1v) is 13.1. The molecule has 0 spiro atoms. The number of amides is 1. The maximum absolute atomic E-state index is 12.7. The van der Waals surface area contributed by atoms with Crippen LogP contribution in [0.4, 0.5) is 24.5 Å². The van der Waals surface area contributed by atoms with Crippen molar-refractivity contribution in [2.45, 2.75) is 19.7 Å². The number of hydrogen-bond acceptors (Lipinski definition) is 7. The number of alkyl halides is 3. The fraction of sp³-hybridized carbons (Fsp3) is 0.179. The SMILES string of the molecule is COc1ccc(N2C(=O)CCS/C2=N\N=C\c2ccc(C(N)=NC=Nc3ccc(OC(F)(F)F)cc3)cc2)c(C)c1. The summed E-state index contributed by atoms with van der Waals surface area (Å²) in [6.07, 6.45) is -1.58. The number of ether oxygens (including phenoxy) is 2. The molecule has 1 aliphatic rings. The molecular formula is C28H25F3N6O3S. The van der Waals surface area contributed by atoms with Crippen LogP contribution < -0.4 is 20.1 Å². The molecule has 0 bridgehead atoms. The molecule has 0 aliphatic carbocycles. The molecule has 1 heterocycles. The monoisotopic (exact) mass is 582 g/mol. The van der Waals surface area contributed by atoms with Crippen molar-refractivity contribution < 1.29 is 27.4 Å². The summed E-state index contributed by atoms with van der Waals surface area (Å²) in [7, 11) is 1.59. The fourth-order valence-corrected chi connectivity index (χ4v) is 4.57. The number of carbonyl (C=O) groups is 1. The lowest BCUT2D eigenvalue weighted by molar-refractivity contribution is -0.274. The van der Waals surface area contributed by atoms with Crippen molar-refractivity contribution in [2.24, 2.45) is 25.9 Å². The van der Waals surface area contributed by atoms with Crippen LogP contribution in [0.15, 0.2) is 86.9 Å². The van der Waals surface area contributed by atoms with Gasteiger partial charge in [-0.25, -0.2) is 9.98 Å². The van der Waals surface area contributed by atoms with Crippen molar-refractivity contribution in [3.63, 3.8) is 0 Å². The van der Waals surface area contributed by atoms with Gasteiger partial charge in [0.2, 0.25) is 5.91 Å². The van der Waals surface area contributed by atoms with Gasteiger partial charge in [-0.15, -0.1) is 18.3 Å². The Kier molecular flexibility index (Phi) is 9.40. The van der Waals surface area contributed by atoms with Gasteiger partial charge in [-0.05, 0) is 60.5 Å². The predicted octanol–water partition coefficient (Wildman–Crippen LogP) is 5.83. The second-order valence-electron chi connectivity index (χ2n) is 8.53. The third-order valence-corrected chi connectivity index (χ3v) is 6.59. The molecule has 1 saturated heterocycles. The van der Waals surface area contributed by atoms with E-state index in [2.05, 4.69) is 24.9 Å². The van der Waals surface area contributed by atoms with Gasteiger partial charge in [-0.3, -0.25) is 9.69 Å². The average Bonchev–Trinajstić information content (AvgIpc) is 2.94. The normalized spacial score (nSPS) is 15.7. The van der Waals surface area contributed by atoms with Crippen molar-refractivity contribution in [1.29, 1.82) is 0 Å². The second kappa shape index (κ2) is 13.1. The topological polar surface area (TPSA) is 114 Å². The number of nitrogens with zero attached hydrogens (tertiary/aromatic N) is 5. The van der Waals surface area contributed by atoms with Crippen LogP contribution in [0.25, 0.3) is 0 Å². The van der Waals surface area contributed by atoms with Gasteiger partial charge in [-0.1, -0.05) is 36.0 Å². The molecule has 1 amide bonds. The molecule has 1 aliphatic heterocycles. The van der Waals surface area contributed by atoms with Crippen LogP contribution in [0, 0.1) is 6.92 Å². The van der Waals surface area contributed by atoms with Crippen molar-refractivity contribution >= 4 is 52.6 Å². The van der Waals surface area contributed by atoms with Gasteiger partial charge in [0.05, 0.1) is 24.7 Å². The molecule has 1 fully saturated rings. The molecule has 4 rings (SSSR count). The first kappa shape index (κ1) is 29.3. The van der Waals surface area contributed by atoms with Crippen LogP contribution in [-0.2, 0) is 4.79 Å². The fourth-order valence-electron chi connectivity index (χ4n) is 3.68. The minimum absolute atomic E-state index is 0.0545. The number of thioether (sulfide) groups is 1. The highest BCUT2D eigenvalue weighted by atomic mass is 32.2. The number of hydrogen-bond donors (Lipinski definition) is 1. The molecule has 0 saturated carbocycles. The molecule has 0 radical (unpaired) electrons. The summed E-state index contributed by atoms with van der Waals surface area (Å²) in [6.45, 7) is 1.90. The number of halogens is 3. The highest BCUT2D eigenvalue weighted by Crippen LogP contribution is 2.31. The molecule has 212 valence electrons. The van der Waals surface area contributed by atoms with Gasteiger partial charge in [0.1, 0.15) is 23.7 Å². The van der Waals surface area contributed by atoms with Crippen LogP contribution in [-0.4, -0.2) is 48.7 Å². The summed E-state index contributed by atoms with van der Waals surface area (Å²) in [5, 5.41) is 8.99.